The van der Waals surface area contributed by atoms with Crippen molar-refractivity contribution in [3.8, 4) is 0 Å². The van der Waals surface area contributed by atoms with Gasteiger partial charge in [0.15, 0.2) is 0 Å². The molecule has 82 valence electrons. The molecule has 1 heterocycles. The van der Waals surface area contributed by atoms with Gasteiger partial charge in [-0.25, -0.2) is 0 Å². The lowest BCUT2D eigenvalue weighted by Crippen LogP contribution is -2.37. The summed E-state index contributed by atoms with van der Waals surface area (Å²) in [5.41, 5.74) is 0. The van der Waals surface area contributed by atoms with Gasteiger partial charge in [0.2, 0.25) is 0 Å². The molecule has 1 saturated heterocycles. The van der Waals surface area contributed by atoms with Gasteiger partial charge in [-0.3, -0.25) is 9.69 Å². The van der Waals surface area contributed by atoms with Crippen LogP contribution in [0.2, 0.25) is 0 Å². The largest absolute Gasteiger partial charge is 0.463 e. The third kappa shape index (κ3) is 4.55. The molecule has 0 unspecified atom stereocenters. The first kappa shape index (κ1) is 11.4. The highest BCUT2D eigenvalue weighted by atomic mass is 16.5. The molecule has 5 nitrogen and oxygen atoms in total. The maximum Gasteiger partial charge on any atom is 0.307 e. The van der Waals surface area contributed by atoms with Crippen LogP contribution in [0.3, 0.4) is 0 Å². The number of aliphatic hydroxyl groups is 1. The zero-order valence-corrected chi connectivity index (χ0v) is 8.28. The molecule has 0 aromatic rings. The van der Waals surface area contributed by atoms with E-state index in [-0.39, 0.29) is 19.2 Å². The van der Waals surface area contributed by atoms with Crippen LogP contribution in [-0.4, -0.2) is 62.0 Å². The van der Waals surface area contributed by atoms with Crippen molar-refractivity contribution in [2.45, 2.75) is 6.42 Å². The summed E-state index contributed by atoms with van der Waals surface area (Å²) in [5.74, 6) is -0.245. The maximum atomic E-state index is 11.1. The quantitative estimate of drug-likeness (QED) is 0.595. The lowest BCUT2D eigenvalue weighted by Gasteiger charge is -2.25. The fourth-order valence-corrected chi connectivity index (χ4v) is 1.31. The van der Waals surface area contributed by atoms with Crippen LogP contribution in [0.5, 0.6) is 0 Å². The second-order valence-corrected chi connectivity index (χ2v) is 3.15. The second kappa shape index (κ2) is 6.75. The van der Waals surface area contributed by atoms with Crippen molar-refractivity contribution >= 4 is 5.97 Å². The van der Waals surface area contributed by atoms with Crippen molar-refractivity contribution in [3.63, 3.8) is 0 Å². The summed E-state index contributed by atoms with van der Waals surface area (Å²) < 4.78 is 9.92. The first-order chi connectivity index (χ1) is 6.83. The third-order valence-electron chi connectivity index (χ3n) is 2.09. The van der Waals surface area contributed by atoms with Crippen molar-refractivity contribution in [3.05, 3.63) is 0 Å². The van der Waals surface area contributed by atoms with Gasteiger partial charge in [-0.05, 0) is 0 Å². The van der Waals surface area contributed by atoms with Gasteiger partial charge in [-0.15, -0.1) is 0 Å². The van der Waals surface area contributed by atoms with Gasteiger partial charge < -0.3 is 14.6 Å². The van der Waals surface area contributed by atoms with Gasteiger partial charge in [-0.2, -0.15) is 0 Å². The normalized spacial score (nSPS) is 18.1. The lowest BCUT2D eigenvalue weighted by atomic mass is 10.3. The van der Waals surface area contributed by atoms with E-state index in [9.17, 15) is 4.79 Å². The standard InChI is InChI=1S/C9H17NO4/c11-5-8-14-9(12)1-2-10-3-6-13-7-4-10/h11H,1-8H2. The number of aliphatic hydroxyl groups excluding tert-OH is 1. The molecule has 0 saturated carbocycles. The smallest absolute Gasteiger partial charge is 0.307 e. The molecule has 14 heavy (non-hydrogen) atoms. The number of esters is 1. The molecule has 5 heteroatoms. The lowest BCUT2D eigenvalue weighted by molar-refractivity contribution is -0.145. The van der Waals surface area contributed by atoms with E-state index in [2.05, 4.69) is 4.90 Å². The topological polar surface area (TPSA) is 59.0 Å². The summed E-state index contributed by atoms with van der Waals surface area (Å²) in [4.78, 5) is 13.2. The molecule has 1 N–H and O–H groups in total. The molecule has 0 atom stereocenters. The minimum atomic E-state index is -0.245. The Kier molecular flexibility index (Phi) is 5.51. The fourth-order valence-electron chi connectivity index (χ4n) is 1.31. The van der Waals surface area contributed by atoms with Gasteiger partial charge in [-0.1, -0.05) is 0 Å². The summed E-state index contributed by atoms with van der Waals surface area (Å²) in [5, 5.41) is 8.43. The molecule has 1 fully saturated rings. The zero-order valence-electron chi connectivity index (χ0n) is 8.28. The van der Waals surface area contributed by atoms with Crippen LogP contribution in [0.4, 0.5) is 0 Å². The average Bonchev–Trinajstić information content (AvgIpc) is 2.25. The van der Waals surface area contributed by atoms with Crippen molar-refractivity contribution in [2.75, 3.05) is 46.1 Å². The number of ether oxygens (including phenoxy) is 2. The Morgan fingerprint density at radius 2 is 2.14 bits per heavy atom. The van der Waals surface area contributed by atoms with E-state index in [0.29, 0.717) is 13.0 Å². The van der Waals surface area contributed by atoms with Gasteiger partial charge in [0.1, 0.15) is 6.61 Å². The van der Waals surface area contributed by atoms with Gasteiger partial charge in [0.25, 0.3) is 0 Å². The second-order valence-electron chi connectivity index (χ2n) is 3.15. The van der Waals surface area contributed by atoms with Crippen LogP contribution in [-0.2, 0) is 14.3 Å². The molecule has 0 amide bonds. The fraction of sp³-hybridized carbons (Fsp3) is 0.889. The molecular formula is C9H17NO4. The van der Waals surface area contributed by atoms with Crippen LogP contribution in [0.15, 0.2) is 0 Å². The Labute approximate surface area is 83.6 Å². The molecule has 0 aliphatic carbocycles. The number of hydrogen-bond donors (Lipinski definition) is 1. The Bertz CT molecular complexity index is 168. The number of rotatable bonds is 5. The van der Waals surface area contributed by atoms with Crippen molar-refractivity contribution in [1.29, 1.82) is 0 Å². The number of morpholine rings is 1. The summed E-state index contributed by atoms with van der Waals surface area (Å²) >= 11 is 0. The highest BCUT2D eigenvalue weighted by molar-refractivity contribution is 5.69. The predicted octanol–water partition coefficient (Wildman–Crippen LogP) is -0.756. The minimum Gasteiger partial charge on any atom is -0.463 e. The van der Waals surface area contributed by atoms with Crippen LogP contribution >= 0.6 is 0 Å². The van der Waals surface area contributed by atoms with Gasteiger partial charge in [0.05, 0.1) is 26.2 Å². The molecule has 0 bridgehead atoms. The summed E-state index contributed by atoms with van der Waals surface area (Å²) in [6.07, 6.45) is 0.389. The van der Waals surface area contributed by atoms with Gasteiger partial charge in [0, 0.05) is 19.6 Å². The van der Waals surface area contributed by atoms with E-state index in [1.807, 2.05) is 0 Å². The molecule has 1 aliphatic heterocycles. The third-order valence-corrected chi connectivity index (χ3v) is 2.09. The molecular weight excluding hydrogens is 186 g/mol. The summed E-state index contributed by atoms with van der Waals surface area (Å²) in [6.45, 7) is 3.96. The molecule has 0 aromatic carbocycles. The molecule has 0 radical (unpaired) electrons. The molecule has 0 spiro atoms. The molecule has 1 aliphatic rings. The predicted molar refractivity (Wildman–Crippen MR) is 49.9 cm³/mol. The van der Waals surface area contributed by atoms with Crippen LogP contribution in [0, 0.1) is 0 Å². The molecule has 0 aromatic heterocycles. The van der Waals surface area contributed by atoms with E-state index in [0.717, 1.165) is 26.3 Å². The Morgan fingerprint density at radius 3 is 2.79 bits per heavy atom. The van der Waals surface area contributed by atoms with E-state index in [4.69, 9.17) is 14.6 Å². The summed E-state index contributed by atoms with van der Waals surface area (Å²) in [7, 11) is 0. The van der Waals surface area contributed by atoms with Crippen LogP contribution < -0.4 is 0 Å². The van der Waals surface area contributed by atoms with E-state index >= 15 is 0 Å². The SMILES string of the molecule is O=C(CCN1CCOCC1)OCCO. The van der Waals surface area contributed by atoms with Crippen LogP contribution in [0.25, 0.3) is 0 Å². The number of hydrogen-bond acceptors (Lipinski definition) is 5. The van der Waals surface area contributed by atoms with Crippen LogP contribution in [0.1, 0.15) is 6.42 Å². The Hall–Kier alpha value is -0.650. The van der Waals surface area contributed by atoms with E-state index < -0.39 is 0 Å². The van der Waals surface area contributed by atoms with Crippen molar-refractivity contribution in [1.82, 2.24) is 4.90 Å². The van der Waals surface area contributed by atoms with Crippen molar-refractivity contribution < 1.29 is 19.4 Å². The zero-order chi connectivity index (χ0) is 10.2. The highest BCUT2D eigenvalue weighted by Gasteiger charge is 2.12. The number of carbonyl (C=O) groups excluding carboxylic acids is 1. The Balaban J connectivity index is 2.03. The number of carbonyl (C=O) groups is 1. The first-order valence-electron chi connectivity index (χ1n) is 4.89. The van der Waals surface area contributed by atoms with E-state index in [1.165, 1.54) is 0 Å². The maximum absolute atomic E-state index is 11.1. The Morgan fingerprint density at radius 1 is 1.43 bits per heavy atom. The van der Waals surface area contributed by atoms with E-state index in [1.54, 1.807) is 0 Å². The van der Waals surface area contributed by atoms with Crippen molar-refractivity contribution in [2.24, 2.45) is 0 Å². The first-order valence-corrected chi connectivity index (χ1v) is 4.89. The molecule has 1 rings (SSSR count). The highest BCUT2D eigenvalue weighted by Crippen LogP contribution is 1.98. The monoisotopic (exact) mass is 203 g/mol. The minimum absolute atomic E-state index is 0.0992. The summed E-state index contributed by atoms with van der Waals surface area (Å²) in [6, 6.07) is 0. The number of nitrogens with zero attached hydrogens (tertiary/aromatic N) is 1. The average molecular weight is 203 g/mol. The van der Waals surface area contributed by atoms with Gasteiger partial charge >= 0.3 is 5.97 Å².